The van der Waals surface area contributed by atoms with Gasteiger partial charge in [-0.1, -0.05) is 54.6 Å². The Morgan fingerprint density at radius 1 is 0.810 bits per heavy atom. The van der Waals surface area contributed by atoms with Crippen LogP contribution < -0.4 is 5.73 Å². The fourth-order valence-electron chi connectivity index (χ4n) is 2.74. The van der Waals surface area contributed by atoms with Crippen molar-refractivity contribution in [1.82, 2.24) is 0 Å². The fourth-order valence-corrected chi connectivity index (χ4v) is 2.74. The van der Waals surface area contributed by atoms with Gasteiger partial charge in [-0.3, -0.25) is 0 Å². The first-order chi connectivity index (χ1) is 10.1. The van der Waals surface area contributed by atoms with Crippen molar-refractivity contribution in [3.63, 3.8) is 0 Å². The van der Waals surface area contributed by atoms with Crippen LogP contribution in [0.3, 0.4) is 0 Å². The van der Waals surface area contributed by atoms with E-state index in [1.165, 1.54) is 33.0 Å². The Balaban J connectivity index is 1.85. The maximum atomic E-state index is 6.41. The topological polar surface area (TPSA) is 26.0 Å². The summed E-state index contributed by atoms with van der Waals surface area (Å²) in [7, 11) is 0. The van der Waals surface area contributed by atoms with Crippen molar-refractivity contribution in [3.05, 3.63) is 82.9 Å². The van der Waals surface area contributed by atoms with Gasteiger partial charge in [-0.25, -0.2) is 0 Å². The van der Waals surface area contributed by atoms with Gasteiger partial charge in [0.2, 0.25) is 0 Å². The molecule has 1 heteroatoms. The normalized spacial score (nSPS) is 12.5. The molecule has 0 fully saturated rings. The molecule has 1 nitrogen and oxygen atoms in total. The molecule has 21 heavy (non-hydrogen) atoms. The highest BCUT2D eigenvalue weighted by Gasteiger charge is 2.08. The van der Waals surface area contributed by atoms with Gasteiger partial charge in [0.1, 0.15) is 0 Å². The Morgan fingerprint density at radius 3 is 2.33 bits per heavy atom. The van der Waals surface area contributed by atoms with E-state index in [4.69, 9.17) is 5.73 Å². The van der Waals surface area contributed by atoms with E-state index in [0.717, 1.165) is 6.42 Å². The van der Waals surface area contributed by atoms with Crippen LogP contribution >= 0.6 is 0 Å². The maximum Gasteiger partial charge on any atom is 0.0335 e. The van der Waals surface area contributed by atoms with Crippen molar-refractivity contribution in [2.45, 2.75) is 26.3 Å². The van der Waals surface area contributed by atoms with Crippen LogP contribution in [0.25, 0.3) is 10.8 Å². The average molecular weight is 275 g/mol. The second kappa shape index (κ2) is 5.71. The lowest BCUT2D eigenvalue weighted by Gasteiger charge is -2.14. The fraction of sp³-hybridized carbons (Fsp3) is 0.200. The predicted octanol–water partition coefficient (Wildman–Crippen LogP) is 4.70. The largest absolute Gasteiger partial charge is 0.324 e. The number of hydrogen-bond acceptors (Lipinski definition) is 1. The highest BCUT2D eigenvalue weighted by molar-refractivity contribution is 5.83. The summed E-state index contributed by atoms with van der Waals surface area (Å²) in [6.45, 7) is 4.29. The summed E-state index contributed by atoms with van der Waals surface area (Å²) >= 11 is 0. The first kappa shape index (κ1) is 13.8. The number of fused-ring (bicyclic) bond motifs is 1. The summed E-state index contributed by atoms with van der Waals surface area (Å²) in [5, 5.41) is 2.52. The van der Waals surface area contributed by atoms with Gasteiger partial charge >= 0.3 is 0 Å². The van der Waals surface area contributed by atoms with Crippen LogP contribution in [0.5, 0.6) is 0 Å². The van der Waals surface area contributed by atoms with Crippen LogP contribution in [-0.4, -0.2) is 0 Å². The number of benzene rings is 3. The lowest BCUT2D eigenvalue weighted by Crippen LogP contribution is -2.13. The monoisotopic (exact) mass is 275 g/mol. The van der Waals surface area contributed by atoms with E-state index < -0.39 is 0 Å². The molecular weight excluding hydrogens is 254 g/mol. The molecule has 0 saturated heterocycles. The van der Waals surface area contributed by atoms with Crippen molar-refractivity contribution in [3.8, 4) is 0 Å². The van der Waals surface area contributed by atoms with Crippen molar-refractivity contribution < 1.29 is 0 Å². The van der Waals surface area contributed by atoms with Gasteiger partial charge in [-0.15, -0.1) is 0 Å². The van der Waals surface area contributed by atoms with Crippen molar-refractivity contribution in [2.24, 2.45) is 5.73 Å². The summed E-state index contributed by atoms with van der Waals surface area (Å²) in [4.78, 5) is 0. The van der Waals surface area contributed by atoms with Crippen molar-refractivity contribution in [1.29, 1.82) is 0 Å². The van der Waals surface area contributed by atoms with Gasteiger partial charge < -0.3 is 5.73 Å². The van der Waals surface area contributed by atoms with E-state index in [0.29, 0.717) is 0 Å². The SMILES string of the molecule is Cc1ccc(CC(N)c2ccc3ccccc3c2)cc1C. The molecule has 0 radical (unpaired) electrons. The quantitative estimate of drug-likeness (QED) is 0.736. The Labute approximate surface area is 126 Å². The Hall–Kier alpha value is -2.12. The third-order valence-electron chi connectivity index (χ3n) is 4.23. The highest BCUT2D eigenvalue weighted by Crippen LogP contribution is 2.22. The first-order valence-corrected chi connectivity index (χ1v) is 7.44. The lowest BCUT2D eigenvalue weighted by atomic mass is 9.95. The number of nitrogens with two attached hydrogens (primary N) is 1. The molecule has 1 atom stereocenters. The number of aryl methyl sites for hydroxylation is 2. The molecular formula is C20H21N. The molecule has 0 aliphatic heterocycles. The second-order valence-electron chi connectivity index (χ2n) is 5.84. The number of hydrogen-bond donors (Lipinski definition) is 1. The van der Waals surface area contributed by atoms with Gasteiger partial charge in [0.15, 0.2) is 0 Å². The van der Waals surface area contributed by atoms with E-state index in [9.17, 15) is 0 Å². The van der Waals surface area contributed by atoms with E-state index in [1.807, 2.05) is 0 Å². The van der Waals surface area contributed by atoms with Gasteiger partial charge in [0.25, 0.3) is 0 Å². The smallest absolute Gasteiger partial charge is 0.0335 e. The molecule has 0 bridgehead atoms. The van der Waals surface area contributed by atoms with E-state index in [-0.39, 0.29) is 6.04 Å². The molecule has 0 aliphatic rings. The number of rotatable bonds is 3. The molecule has 3 aromatic carbocycles. The van der Waals surface area contributed by atoms with Gasteiger partial charge in [0, 0.05) is 6.04 Å². The Morgan fingerprint density at radius 2 is 1.57 bits per heavy atom. The third kappa shape index (κ3) is 2.98. The predicted molar refractivity (Wildman–Crippen MR) is 90.5 cm³/mol. The van der Waals surface area contributed by atoms with Crippen LogP contribution in [0.15, 0.2) is 60.7 Å². The molecule has 2 N–H and O–H groups in total. The minimum Gasteiger partial charge on any atom is -0.324 e. The molecule has 0 aliphatic carbocycles. The minimum atomic E-state index is 0.0386. The molecule has 0 spiro atoms. The van der Waals surface area contributed by atoms with Crippen LogP contribution in [0.1, 0.15) is 28.3 Å². The molecule has 106 valence electrons. The van der Waals surface area contributed by atoms with Crippen LogP contribution in [0.4, 0.5) is 0 Å². The Kier molecular flexibility index (Phi) is 3.76. The molecule has 0 aromatic heterocycles. The third-order valence-corrected chi connectivity index (χ3v) is 4.23. The second-order valence-corrected chi connectivity index (χ2v) is 5.84. The average Bonchev–Trinajstić information content (AvgIpc) is 2.50. The Bertz CT molecular complexity index is 774. The molecule has 3 aromatic rings. The summed E-state index contributed by atoms with van der Waals surface area (Å²) in [6.07, 6.45) is 0.874. The zero-order chi connectivity index (χ0) is 14.8. The molecule has 0 heterocycles. The van der Waals surface area contributed by atoms with Crippen LogP contribution in [0, 0.1) is 13.8 Å². The molecule has 0 amide bonds. The van der Waals surface area contributed by atoms with E-state index in [1.54, 1.807) is 0 Å². The molecule has 1 unspecified atom stereocenters. The summed E-state index contributed by atoms with van der Waals surface area (Å²) in [5.41, 5.74) is 11.6. The van der Waals surface area contributed by atoms with Crippen molar-refractivity contribution in [2.75, 3.05) is 0 Å². The van der Waals surface area contributed by atoms with E-state index in [2.05, 4.69) is 74.5 Å². The van der Waals surface area contributed by atoms with Crippen molar-refractivity contribution >= 4 is 10.8 Å². The van der Waals surface area contributed by atoms with Crippen LogP contribution in [-0.2, 0) is 6.42 Å². The maximum absolute atomic E-state index is 6.41. The highest BCUT2D eigenvalue weighted by atomic mass is 14.6. The lowest BCUT2D eigenvalue weighted by molar-refractivity contribution is 0.722. The van der Waals surface area contributed by atoms with Gasteiger partial charge in [-0.2, -0.15) is 0 Å². The van der Waals surface area contributed by atoms with E-state index >= 15 is 0 Å². The zero-order valence-electron chi connectivity index (χ0n) is 12.6. The summed E-state index contributed by atoms with van der Waals surface area (Å²) in [6, 6.07) is 21.6. The van der Waals surface area contributed by atoms with Crippen LogP contribution in [0.2, 0.25) is 0 Å². The van der Waals surface area contributed by atoms with Gasteiger partial charge in [0.05, 0.1) is 0 Å². The minimum absolute atomic E-state index is 0.0386. The molecule has 3 rings (SSSR count). The molecule has 0 saturated carbocycles. The zero-order valence-corrected chi connectivity index (χ0v) is 12.6. The summed E-state index contributed by atoms with van der Waals surface area (Å²) < 4.78 is 0. The first-order valence-electron chi connectivity index (χ1n) is 7.44. The van der Waals surface area contributed by atoms with Gasteiger partial charge in [-0.05, 0) is 59.4 Å². The standard InChI is InChI=1S/C20H21N/c1-14-7-8-16(11-15(14)2)12-20(21)19-10-9-17-5-3-4-6-18(17)13-19/h3-11,13,20H,12,21H2,1-2H3. The summed E-state index contributed by atoms with van der Waals surface area (Å²) in [5.74, 6) is 0.